The Morgan fingerprint density at radius 1 is 0.350 bits per heavy atom. The number of hydrogen-bond donors (Lipinski definition) is 3. The molecule has 0 aliphatic rings. The van der Waals surface area contributed by atoms with E-state index < -0.39 is 16.2 Å². The van der Waals surface area contributed by atoms with Crippen molar-refractivity contribution >= 4 is 17.3 Å². The monoisotopic (exact) mass is 717 g/mol. The van der Waals surface area contributed by atoms with Crippen LogP contribution < -0.4 is 0 Å². The van der Waals surface area contributed by atoms with E-state index in [1.807, 2.05) is 125 Å². The van der Waals surface area contributed by atoms with Gasteiger partial charge in [0.25, 0.3) is 0 Å². The molecule has 7 heteroatoms. The molecule has 0 aromatic carbocycles. The summed E-state index contributed by atoms with van der Waals surface area (Å²) < 4.78 is 0. The first-order valence-electron chi connectivity index (χ1n) is 13.5. The van der Waals surface area contributed by atoms with Crippen LogP contribution in [-0.4, -0.2) is 32.7 Å². The summed E-state index contributed by atoms with van der Waals surface area (Å²) in [7, 11) is 0. The molecule has 0 heterocycles. The van der Waals surface area contributed by atoms with Crippen molar-refractivity contribution in [2.75, 3.05) is 0 Å². The summed E-state index contributed by atoms with van der Waals surface area (Å²) in [6, 6.07) is 0. The second kappa shape index (κ2) is 16.5. The Balaban J connectivity index is -0.000000240. The van der Waals surface area contributed by atoms with Crippen LogP contribution in [-0.2, 0) is 14.4 Å². The quantitative estimate of drug-likeness (QED) is 0.153. The van der Waals surface area contributed by atoms with Crippen LogP contribution in [0, 0.1) is 70.2 Å². The zero-order chi connectivity index (χ0) is 32.6. The van der Waals surface area contributed by atoms with E-state index in [0.717, 1.165) is 0 Å². The second-order valence-corrected chi connectivity index (χ2v) is 16.2. The number of aliphatic hydroxyl groups excluding tert-OH is 3. The Labute approximate surface area is 275 Å². The van der Waals surface area contributed by atoms with Crippen molar-refractivity contribution in [3.8, 4) is 0 Å². The van der Waals surface area contributed by atoms with E-state index >= 15 is 0 Å². The maximum atomic E-state index is 11.5. The molecule has 1 radical (unpaired) electrons. The summed E-state index contributed by atoms with van der Waals surface area (Å²) in [5, 5.41) is 28.7. The topological polar surface area (TPSA) is 112 Å². The maximum Gasteiger partial charge on any atom is 0.164 e. The van der Waals surface area contributed by atoms with Crippen molar-refractivity contribution < 1.29 is 67.4 Å². The molecule has 40 heavy (non-hydrogen) atoms. The maximum absolute atomic E-state index is 11.5. The van der Waals surface area contributed by atoms with Crippen molar-refractivity contribution in [3.05, 3.63) is 35.5 Å². The first kappa shape index (κ1) is 45.9. The van der Waals surface area contributed by atoms with Crippen LogP contribution >= 0.6 is 0 Å². The molecule has 0 aliphatic carbocycles. The predicted molar refractivity (Wildman–Crippen MR) is 164 cm³/mol. The van der Waals surface area contributed by atoms with Gasteiger partial charge in [-0.3, -0.25) is 14.4 Å². The van der Waals surface area contributed by atoms with E-state index in [0.29, 0.717) is 0 Å². The Kier molecular flexibility index (Phi) is 18.9. The Bertz CT molecular complexity index is 801. The molecule has 0 amide bonds. The Morgan fingerprint density at radius 3 is 0.550 bits per heavy atom. The molecule has 0 unspecified atom stereocenters. The van der Waals surface area contributed by atoms with Crippen LogP contribution in [0.1, 0.15) is 125 Å². The molecule has 0 aromatic heterocycles. The summed E-state index contributed by atoms with van der Waals surface area (Å²) >= 11 is 0. The van der Waals surface area contributed by atoms with Gasteiger partial charge in [0.15, 0.2) is 17.3 Å². The first-order valence-corrected chi connectivity index (χ1v) is 13.5. The zero-order valence-corrected chi connectivity index (χ0v) is 30.5. The first-order chi connectivity index (χ1) is 16.6. The third-order valence-electron chi connectivity index (χ3n) is 5.33. The van der Waals surface area contributed by atoms with E-state index in [-0.39, 0.29) is 88.6 Å². The predicted octanol–water partition coefficient (Wildman–Crippen LogP) is 9.27. The van der Waals surface area contributed by atoms with Gasteiger partial charge in [-0.25, -0.2) is 0 Å². The fraction of sp³-hybridized carbons (Fsp3) is 0.727. The molecule has 0 rings (SSSR count). The smallest absolute Gasteiger partial charge is 0.164 e. The molecule has 0 saturated heterocycles. The molecule has 0 atom stereocenters. The number of aliphatic hydroxyl groups is 3. The summed E-state index contributed by atoms with van der Waals surface area (Å²) in [5.74, 6) is 0.312. The molecule has 0 fully saturated rings. The summed E-state index contributed by atoms with van der Waals surface area (Å²) in [4.78, 5) is 34.5. The Hall–Kier alpha value is -1.11. The van der Waals surface area contributed by atoms with E-state index in [1.165, 1.54) is 18.2 Å². The SMILES string of the molecule is CC(C)(C)C(=O)/C=C(\O)C(C)(C)C.CC(C)(C)C(=O)/C=C(\O)C(C)(C)C.CC(C)(C)C(=O)/C=C(\O)C(C)(C)C.[Ho]. The number of hydrogen-bond acceptors (Lipinski definition) is 6. The molecule has 239 valence electrons. The minimum atomic E-state index is -0.417. The largest absolute Gasteiger partial charge is 0.512 e. The number of rotatable bonds is 3. The number of ketones is 3. The van der Waals surface area contributed by atoms with E-state index in [2.05, 4.69) is 0 Å². The Morgan fingerprint density at radius 2 is 0.475 bits per heavy atom. The van der Waals surface area contributed by atoms with E-state index in [9.17, 15) is 29.7 Å². The van der Waals surface area contributed by atoms with Gasteiger partial charge in [0.1, 0.15) is 17.3 Å². The van der Waals surface area contributed by atoms with Gasteiger partial charge >= 0.3 is 0 Å². The third kappa shape index (κ3) is 21.6. The van der Waals surface area contributed by atoms with Gasteiger partial charge in [-0.2, -0.15) is 0 Å². The standard InChI is InChI=1S/3C11H20O2.Ho/c3*1-10(2,3)8(12)7-9(13)11(4,5)6;/h3*7,12H,1-6H3;/b3*8-7-;. The van der Waals surface area contributed by atoms with Crippen LogP contribution in [0.4, 0.5) is 0 Å². The number of allylic oxidation sites excluding steroid dienone is 6. The van der Waals surface area contributed by atoms with Crippen molar-refractivity contribution in [2.45, 2.75) is 125 Å². The zero-order valence-electron chi connectivity index (χ0n) is 28.6. The van der Waals surface area contributed by atoms with Gasteiger partial charge in [0, 0.05) is 88.5 Å². The van der Waals surface area contributed by atoms with Gasteiger partial charge < -0.3 is 15.3 Å². The molecular formula is C33H60HoO6. The molecule has 6 nitrogen and oxygen atoms in total. The average molecular weight is 718 g/mol. The van der Waals surface area contributed by atoms with Gasteiger partial charge in [-0.15, -0.1) is 0 Å². The van der Waals surface area contributed by atoms with Crippen LogP contribution in [0.3, 0.4) is 0 Å². The average Bonchev–Trinajstić information content (AvgIpc) is 2.64. The molecule has 0 bridgehead atoms. The van der Waals surface area contributed by atoms with Gasteiger partial charge in [0.05, 0.1) is 0 Å². The molecule has 0 spiro atoms. The van der Waals surface area contributed by atoms with E-state index in [4.69, 9.17) is 0 Å². The van der Waals surface area contributed by atoms with Crippen LogP contribution in [0.25, 0.3) is 0 Å². The summed E-state index contributed by atoms with van der Waals surface area (Å²) in [6.07, 6.45) is 4.00. The minimum Gasteiger partial charge on any atom is -0.512 e. The minimum absolute atomic E-state index is 0. The summed E-state index contributed by atoms with van der Waals surface area (Å²) in [5.41, 5.74) is -2.29. The molecule has 0 saturated carbocycles. The molecule has 0 aromatic rings. The van der Waals surface area contributed by atoms with E-state index in [1.54, 1.807) is 0 Å². The fourth-order valence-electron chi connectivity index (χ4n) is 1.67. The van der Waals surface area contributed by atoms with Crippen molar-refractivity contribution in [1.29, 1.82) is 0 Å². The van der Waals surface area contributed by atoms with Crippen molar-refractivity contribution in [2.24, 2.45) is 32.5 Å². The van der Waals surface area contributed by atoms with Crippen molar-refractivity contribution in [3.63, 3.8) is 0 Å². The number of carbonyl (C=O) groups excluding carboxylic acids is 3. The number of carbonyl (C=O) groups is 3. The molecular weight excluding hydrogens is 657 g/mol. The van der Waals surface area contributed by atoms with Crippen LogP contribution in [0.15, 0.2) is 35.5 Å². The normalized spacial score (nSPS) is 14.1. The van der Waals surface area contributed by atoms with Crippen molar-refractivity contribution in [1.82, 2.24) is 0 Å². The molecule has 0 aliphatic heterocycles. The van der Waals surface area contributed by atoms with Gasteiger partial charge in [-0.05, 0) is 0 Å². The fourth-order valence-corrected chi connectivity index (χ4v) is 1.67. The van der Waals surface area contributed by atoms with Crippen LogP contribution in [0.5, 0.6) is 0 Å². The third-order valence-corrected chi connectivity index (χ3v) is 5.33. The van der Waals surface area contributed by atoms with Crippen LogP contribution in [0.2, 0.25) is 0 Å². The van der Waals surface area contributed by atoms with Gasteiger partial charge in [-0.1, -0.05) is 125 Å². The van der Waals surface area contributed by atoms with Gasteiger partial charge in [0.2, 0.25) is 0 Å². The molecule has 3 N–H and O–H groups in total. The second-order valence-electron chi connectivity index (χ2n) is 16.2. The summed E-state index contributed by atoms with van der Waals surface area (Å²) in [6.45, 7) is 33.3.